The van der Waals surface area contributed by atoms with E-state index < -0.39 is 11.4 Å². The van der Waals surface area contributed by atoms with Gasteiger partial charge in [-0.3, -0.25) is 4.79 Å². The number of aromatic nitrogens is 3. The second kappa shape index (κ2) is 9.71. The molecular formula is C28H28FN7O2. The number of nitrogens with zero attached hydrogens (tertiary/aromatic N) is 2. The van der Waals surface area contributed by atoms with Crippen LogP contribution in [0.2, 0.25) is 0 Å². The zero-order valence-corrected chi connectivity index (χ0v) is 20.9. The second-order valence-corrected chi connectivity index (χ2v) is 9.35. The molecule has 3 heterocycles. The molecule has 0 saturated carbocycles. The molecule has 5 aromatic rings. The van der Waals surface area contributed by atoms with Crippen molar-refractivity contribution in [2.45, 2.75) is 6.54 Å². The number of hydrogen-bond donors (Lipinski definition) is 5. The van der Waals surface area contributed by atoms with Gasteiger partial charge >= 0.3 is 0 Å². The number of nitrogens with two attached hydrogens (primary N) is 1. The van der Waals surface area contributed by atoms with Crippen LogP contribution >= 0.6 is 0 Å². The van der Waals surface area contributed by atoms with Crippen LogP contribution in [0.15, 0.2) is 59.4 Å². The number of fused-ring (bicyclic) bond motifs is 2. The van der Waals surface area contributed by atoms with Crippen molar-refractivity contribution < 1.29 is 9.13 Å². The lowest BCUT2D eigenvalue weighted by Gasteiger charge is -2.29. The Morgan fingerprint density at radius 1 is 1.05 bits per heavy atom. The van der Waals surface area contributed by atoms with E-state index in [4.69, 9.17) is 10.5 Å². The zero-order valence-electron chi connectivity index (χ0n) is 20.9. The number of aromatic amines is 2. The first-order valence-corrected chi connectivity index (χ1v) is 12.5. The fourth-order valence-electron chi connectivity index (χ4n) is 4.89. The van der Waals surface area contributed by atoms with E-state index in [1.165, 1.54) is 6.07 Å². The minimum Gasteiger partial charge on any atom is -0.497 e. The van der Waals surface area contributed by atoms with Crippen LogP contribution in [0, 0.1) is 5.82 Å². The number of methoxy groups -OCH3 is 1. The van der Waals surface area contributed by atoms with Gasteiger partial charge in [0.2, 0.25) is 0 Å². The average Bonchev–Trinajstić information content (AvgIpc) is 3.36. The SMILES string of the molecule is COc1ccc(CNc2cc3[nH]c(=O)c(-c4nc5ccc(N6CCNCC6)cc5[nH]4)c(N)c3cc2F)cc1. The smallest absolute Gasteiger partial charge is 0.261 e. The molecule has 0 radical (unpaired) electrons. The van der Waals surface area contributed by atoms with Gasteiger partial charge in [0.1, 0.15) is 23.0 Å². The first-order chi connectivity index (χ1) is 18.5. The van der Waals surface area contributed by atoms with Crippen molar-refractivity contribution in [2.75, 3.05) is 49.2 Å². The van der Waals surface area contributed by atoms with Crippen molar-refractivity contribution in [1.82, 2.24) is 20.3 Å². The van der Waals surface area contributed by atoms with Crippen molar-refractivity contribution >= 4 is 39.0 Å². The van der Waals surface area contributed by atoms with Gasteiger partial charge in [-0.25, -0.2) is 9.37 Å². The predicted octanol–water partition coefficient (Wildman–Crippen LogP) is 3.82. The number of hydrogen-bond acceptors (Lipinski definition) is 7. The Hall–Kier alpha value is -4.57. The monoisotopic (exact) mass is 513 g/mol. The summed E-state index contributed by atoms with van der Waals surface area (Å²) in [6.07, 6.45) is 0. The van der Waals surface area contributed by atoms with Crippen LogP contribution < -0.4 is 31.6 Å². The summed E-state index contributed by atoms with van der Waals surface area (Å²) in [6, 6.07) is 16.4. The van der Waals surface area contributed by atoms with Crippen molar-refractivity contribution in [2.24, 2.45) is 0 Å². The Morgan fingerprint density at radius 3 is 2.61 bits per heavy atom. The molecule has 0 unspecified atom stereocenters. The third-order valence-electron chi connectivity index (χ3n) is 6.97. The number of pyridine rings is 1. The normalized spacial score (nSPS) is 13.8. The topological polar surface area (TPSA) is 124 Å². The van der Waals surface area contributed by atoms with Crippen LogP contribution in [0.25, 0.3) is 33.3 Å². The van der Waals surface area contributed by atoms with Crippen molar-refractivity contribution in [3.63, 3.8) is 0 Å². The van der Waals surface area contributed by atoms with Crippen molar-refractivity contribution in [3.05, 3.63) is 76.3 Å². The third kappa shape index (κ3) is 4.39. The number of nitrogen functional groups attached to an aromatic ring is 1. The van der Waals surface area contributed by atoms with Crippen LogP contribution in [0.3, 0.4) is 0 Å². The van der Waals surface area contributed by atoms with Crippen LogP contribution in [0.4, 0.5) is 21.5 Å². The number of ether oxygens (including phenoxy) is 1. The number of halogens is 1. The molecule has 1 aliphatic rings. The molecule has 0 atom stereocenters. The maximum absolute atomic E-state index is 15.1. The first kappa shape index (κ1) is 23.8. The summed E-state index contributed by atoms with van der Waals surface area (Å²) in [4.78, 5) is 26.2. The minimum atomic E-state index is -0.471. The van der Waals surface area contributed by atoms with Gasteiger partial charge < -0.3 is 36.0 Å². The fraction of sp³-hybridized carbons (Fsp3) is 0.214. The maximum atomic E-state index is 15.1. The molecular weight excluding hydrogens is 485 g/mol. The number of anilines is 3. The molecule has 194 valence electrons. The maximum Gasteiger partial charge on any atom is 0.261 e. The highest BCUT2D eigenvalue weighted by Crippen LogP contribution is 2.32. The summed E-state index contributed by atoms with van der Waals surface area (Å²) >= 11 is 0. The summed E-state index contributed by atoms with van der Waals surface area (Å²) in [6.45, 7) is 4.12. The Balaban J connectivity index is 1.32. The molecule has 6 N–H and O–H groups in total. The van der Waals surface area contributed by atoms with Gasteiger partial charge in [-0.2, -0.15) is 0 Å². The number of piperazine rings is 1. The standard InChI is InChI=1S/C28H28FN7O2/c1-38-18-5-2-16(3-6-18)15-32-23-14-22-19(13-20(23)29)26(30)25(28(37)35-22)27-33-21-7-4-17(12-24(21)34-27)36-10-8-31-9-11-36/h2-7,12-14,31-32H,8-11,15H2,1H3,(H,33,34)(H3,30,35,37). The fourth-order valence-corrected chi connectivity index (χ4v) is 4.89. The summed E-state index contributed by atoms with van der Waals surface area (Å²) in [5.74, 6) is 0.625. The highest BCUT2D eigenvalue weighted by atomic mass is 19.1. The zero-order chi connectivity index (χ0) is 26.2. The minimum absolute atomic E-state index is 0.172. The van der Waals surface area contributed by atoms with E-state index in [9.17, 15) is 4.79 Å². The lowest BCUT2D eigenvalue weighted by Crippen LogP contribution is -2.43. The predicted molar refractivity (Wildman–Crippen MR) is 149 cm³/mol. The van der Waals surface area contributed by atoms with Gasteiger partial charge in [0, 0.05) is 43.8 Å². The molecule has 1 fully saturated rings. The average molecular weight is 514 g/mol. The van der Waals surface area contributed by atoms with Gasteiger partial charge in [0.05, 0.1) is 35.0 Å². The van der Waals surface area contributed by atoms with E-state index in [0.717, 1.165) is 54.2 Å². The lowest BCUT2D eigenvalue weighted by molar-refractivity contribution is 0.414. The number of imidazole rings is 1. The third-order valence-corrected chi connectivity index (χ3v) is 6.97. The van der Waals surface area contributed by atoms with E-state index >= 15 is 4.39 Å². The van der Waals surface area contributed by atoms with Crippen LogP contribution in [-0.2, 0) is 6.54 Å². The summed E-state index contributed by atoms with van der Waals surface area (Å²) in [5, 5.41) is 6.85. The van der Waals surface area contributed by atoms with Gasteiger partial charge in [-0.15, -0.1) is 0 Å². The van der Waals surface area contributed by atoms with Crippen LogP contribution in [0.5, 0.6) is 5.75 Å². The molecule has 9 nitrogen and oxygen atoms in total. The number of nitrogens with one attached hydrogen (secondary N) is 4. The summed E-state index contributed by atoms with van der Waals surface area (Å²) in [5.41, 5.74) is 10.7. The van der Waals surface area contributed by atoms with E-state index in [-0.39, 0.29) is 16.9 Å². The van der Waals surface area contributed by atoms with E-state index in [1.807, 2.05) is 42.5 Å². The molecule has 2 aromatic heterocycles. The number of benzene rings is 3. The van der Waals surface area contributed by atoms with Gasteiger partial charge in [0.25, 0.3) is 5.56 Å². The Bertz CT molecular complexity index is 1690. The first-order valence-electron chi connectivity index (χ1n) is 12.5. The van der Waals surface area contributed by atoms with Gasteiger partial charge in [-0.1, -0.05) is 12.1 Å². The van der Waals surface area contributed by atoms with E-state index in [2.05, 4.69) is 30.5 Å². The van der Waals surface area contributed by atoms with Crippen LogP contribution in [-0.4, -0.2) is 48.2 Å². The number of H-pyrrole nitrogens is 2. The molecule has 0 aliphatic carbocycles. The molecule has 0 amide bonds. The molecule has 38 heavy (non-hydrogen) atoms. The summed E-state index contributed by atoms with van der Waals surface area (Å²) < 4.78 is 20.3. The molecule has 0 bridgehead atoms. The highest BCUT2D eigenvalue weighted by Gasteiger charge is 2.19. The lowest BCUT2D eigenvalue weighted by atomic mass is 10.1. The molecule has 0 spiro atoms. The highest BCUT2D eigenvalue weighted by molar-refractivity contribution is 5.99. The van der Waals surface area contributed by atoms with Crippen molar-refractivity contribution in [1.29, 1.82) is 0 Å². The Kier molecular flexibility index (Phi) is 6.09. The molecule has 10 heteroatoms. The van der Waals surface area contributed by atoms with Gasteiger partial charge in [-0.05, 0) is 48.0 Å². The van der Waals surface area contributed by atoms with Crippen LogP contribution in [0.1, 0.15) is 5.56 Å². The van der Waals surface area contributed by atoms with Crippen molar-refractivity contribution in [3.8, 4) is 17.1 Å². The molecule has 1 saturated heterocycles. The largest absolute Gasteiger partial charge is 0.497 e. The Morgan fingerprint density at radius 2 is 1.84 bits per heavy atom. The van der Waals surface area contributed by atoms with Gasteiger partial charge in [0.15, 0.2) is 0 Å². The summed E-state index contributed by atoms with van der Waals surface area (Å²) in [7, 11) is 1.61. The molecule has 6 rings (SSSR count). The van der Waals surface area contributed by atoms with E-state index in [0.29, 0.717) is 23.3 Å². The quantitative estimate of drug-likeness (QED) is 0.234. The molecule has 1 aliphatic heterocycles. The Labute approximate surface area is 217 Å². The van der Waals surface area contributed by atoms with E-state index in [1.54, 1.807) is 13.2 Å². The number of rotatable bonds is 6. The molecule has 3 aromatic carbocycles. The second-order valence-electron chi connectivity index (χ2n) is 9.35.